The van der Waals surface area contributed by atoms with Gasteiger partial charge in [-0.2, -0.15) is 0 Å². The summed E-state index contributed by atoms with van der Waals surface area (Å²) in [5.74, 6) is -0.577. The van der Waals surface area contributed by atoms with E-state index in [1.54, 1.807) is 12.0 Å². The summed E-state index contributed by atoms with van der Waals surface area (Å²) in [6.45, 7) is 0.421. The molecule has 0 atom stereocenters. The predicted octanol–water partition coefficient (Wildman–Crippen LogP) is 2.59. The minimum absolute atomic E-state index is 0.00823. The van der Waals surface area contributed by atoms with Crippen molar-refractivity contribution >= 4 is 11.9 Å². The number of hydrogen-bond acceptors (Lipinski definition) is 4. The van der Waals surface area contributed by atoms with Crippen molar-refractivity contribution in [3.8, 4) is 5.75 Å². The normalized spacial score (nSPS) is 13.4. The monoisotopic (exact) mass is 326 g/mol. The summed E-state index contributed by atoms with van der Waals surface area (Å²) in [4.78, 5) is 29.6. The van der Waals surface area contributed by atoms with Crippen LogP contribution in [0.3, 0.4) is 0 Å². The van der Waals surface area contributed by atoms with E-state index in [1.807, 2.05) is 24.3 Å². The second-order valence-corrected chi connectivity index (χ2v) is 5.74. The van der Waals surface area contributed by atoms with Gasteiger partial charge in [-0.1, -0.05) is 18.2 Å². The number of carboxylic acids is 1. The highest BCUT2D eigenvalue weighted by molar-refractivity contribution is 5.97. The van der Waals surface area contributed by atoms with E-state index in [4.69, 9.17) is 9.84 Å². The first kappa shape index (κ1) is 16.0. The Morgan fingerprint density at radius 1 is 1.25 bits per heavy atom. The zero-order chi connectivity index (χ0) is 17.1. The highest BCUT2D eigenvalue weighted by Gasteiger charge is 2.33. The molecule has 0 saturated heterocycles. The number of benzene rings is 1. The van der Waals surface area contributed by atoms with Crippen LogP contribution < -0.4 is 4.74 Å². The van der Waals surface area contributed by atoms with Crippen LogP contribution in [0.15, 0.2) is 42.7 Å². The molecule has 6 heteroatoms. The van der Waals surface area contributed by atoms with Crippen molar-refractivity contribution in [1.29, 1.82) is 0 Å². The minimum atomic E-state index is -1.10. The Labute approximate surface area is 139 Å². The summed E-state index contributed by atoms with van der Waals surface area (Å²) >= 11 is 0. The number of para-hydroxylation sites is 1. The van der Waals surface area contributed by atoms with Crippen LogP contribution in [0.5, 0.6) is 5.75 Å². The van der Waals surface area contributed by atoms with Crippen LogP contribution in [0.25, 0.3) is 0 Å². The van der Waals surface area contributed by atoms with Gasteiger partial charge in [-0.05, 0) is 25.0 Å². The number of amides is 1. The second kappa shape index (κ2) is 6.70. The van der Waals surface area contributed by atoms with E-state index in [0.29, 0.717) is 6.54 Å². The number of hydrogen-bond donors (Lipinski definition) is 1. The fraction of sp³-hybridized carbons (Fsp3) is 0.278. The first-order valence-electron chi connectivity index (χ1n) is 7.71. The fourth-order valence-electron chi connectivity index (χ4n) is 2.61. The molecule has 1 fully saturated rings. The summed E-state index contributed by atoms with van der Waals surface area (Å²) in [5, 5.41) is 9.07. The van der Waals surface area contributed by atoms with Gasteiger partial charge in [-0.25, -0.2) is 4.79 Å². The Morgan fingerprint density at radius 2 is 1.96 bits per heavy atom. The first-order chi connectivity index (χ1) is 11.6. The SMILES string of the molecule is COc1ccccc1CN(C(=O)c1cncc(C(=O)O)c1)C1CC1. The van der Waals surface area contributed by atoms with E-state index >= 15 is 0 Å². The molecule has 0 spiro atoms. The van der Waals surface area contributed by atoms with Crippen molar-refractivity contribution in [3.63, 3.8) is 0 Å². The molecule has 0 radical (unpaired) electrons. The summed E-state index contributed by atoms with van der Waals surface area (Å²) in [7, 11) is 1.60. The molecule has 24 heavy (non-hydrogen) atoms. The number of carboxylic acid groups (broad SMARTS) is 1. The van der Waals surface area contributed by atoms with Crippen LogP contribution in [0.1, 0.15) is 39.1 Å². The Bertz CT molecular complexity index is 771. The molecule has 1 aromatic heterocycles. The topological polar surface area (TPSA) is 79.7 Å². The van der Waals surface area contributed by atoms with Crippen LogP contribution in [0.4, 0.5) is 0 Å². The van der Waals surface area contributed by atoms with Gasteiger partial charge in [0.25, 0.3) is 5.91 Å². The van der Waals surface area contributed by atoms with E-state index < -0.39 is 5.97 Å². The number of pyridine rings is 1. The van der Waals surface area contributed by atoms with Crippen LogP contribution in [-0.2, 0) is 6.54 Å². The maximum Gasteiger partial charge on any atom is 0.337 e. The molecule has 0 unspecified atom stereocenters. The maximum atomic E-state index is 12.9. The lowest BCUT2D eigenvalue weighted by atomic mass is 10.1. The Morgan fingerprint density at radius 3 is 2.62 bits per heavy atom. The van der Waals surface area contributed by atoms with Gasteiger partial charge >= 0.3 is 5.97 Å². The minimum Gasteiger partial charge on any atom is -0.496 e. The molecule has 1 heterocycles. The van der Waals surface area contributed by atoms with Crippen molar-refractivity contribution in [2.75, 3.05) is 7.11 Å². The smallest absolute Gasteiger partial charge is 0.337 e. The number of carbonyl (C=O) groups excluding carboxylic acids is 1. The standard InChI is InChI=1S/C18H18N2O4/c1-24-16-5-3-2-4-12(16)11-20(15-6-7-15)17(21)13-8-14(18(22)23)10-19-9-13/h2-5,8-10,15H,6-7,11H2,1H3,(H,22,23). The van der Waals surface area contributed by atoms with Crippen LogP contribution in [0.2, 0.25) is 0 Å². The van der Waals surface area contributed by atoms with Gasteiger partial charge < -0.3 is 14.7 Å². The zero-order valence-corrected chi connectivity index (χ0v) is 13.3. The molecule has 0 aliphatic heterocycles. The molecule has 1 aliphatic rings. The zero-order valence-electron chi connectivity index (χ0n) is 13.3. The molecular formula is C18H18N2O4. The molecule has 2 aromatic rings. The van der Waals surface area contributed by atoms with E-state index in [-0.39, 0.29) is 23.1 Å². The lowest BCUT2D eigenvalue weighted by molar-refractivity contribution is 0.0696. The number of rotatable bonds is 6. The van der Waals surface area contributed by atoms with Gasteiger partial charge in [0.2, 0.25) is 0 Å². The highest BCUT2D eigenvalue weighted by atomic mass is 16.5. The number of nitrogens with zero attached hydrogens (tertiary/aromatic N) is 2. The van der Waals surface area contributed by atoms with Crippen molar-refractivity contribution in [1.82, 2.24) is 9.88 Å². The van der Waals surface area contributed by atoms with Crippen LogP contribution in [0, 0.1) is 0 Å². The number of ether oxygens (including phenoxy) is 1. The van der Waals surface area contributed by atoms with Gasteiger partial charge in [0, 0.05) is 30.5 Å². The average Bonchev–Trinajstić information content (AvgIpc) is 3.44. The summed E-state index contributed by atoms with van der Waals surface area (Å²) in [6.07, 6.45) is 4.55. The molecule has 1 aliphatic carbocycles. The quantitative estimate of drug-likeness (QED) is 0.882. The first-order valence-corrected chi connectivity index (χ1v) is 7.71. The molecule has 1 amide bonds. The molecule has 1 saturated carbocycles. The summed E-state index contributed by atoms with van der Waals surface area (Å²) < 4.78 is 5.35. The van der Waals surface area contributed by atoms with Crippen molar-refractivity contribution < 1.29 is 19.4 Å². The molecule has 3 rings (SSSR count). The maximum absolute atomic E-state index is 12.9. The highest BCUT2D eigenvalue weighted by Crippen LogP contribution is 2.31. The molecule has 1 N–H and O–H groups in total. The van der Waals surface area contributed by atoms with Crippen LogP contribution >= 0.6 is 0 Å². The van der Waals surface area contributed by atoms with E-state index in [1.165, 1.54) is 18.5 Å². The number of aromatic nitrogens is 1. The molecule has 1 aromatic carbocycles. The van der Waals surface area contributed by atoms with Gasteiger partial charge in [-0.15, -0.1) is 0 Å². The van der Waals surface area contributed by atoms with Gasteiger partial charge in [0.05, 0.1) is 18.2 Å². The summed E-state index contributed by atoms with van der Waals surface area (Å²) in [6, 6.07) is 9.11. The predicted molar refractivity (Wildman–Crippen MR) is 87.1 cm³/mol. The van der Waals surface area contributed by atoms with Crippen molar-refractivity contribution in [2.24, 2.45) is 0 Å². The number of carbonyl (C=O) groups is 2. The largest absolute Gasteiger partial charge is 0.496 e. The van der Waals surface area contributed by atoms with Crippen molar-refractivity contribution in [3.05, 3.63) is 59.4 Å². The van der Waals surface area contributed by atoms with E-state index in [2.05, 4.69) is 4.98 Å². The Balaban J connectivity index is 1.87. The lowest BCUT2D eigenvalue weighted by Gasteiger charge is -2.23. The Hall–Kier alpha value is -2.89. The number of methoxy groups -OCH3 is 1. The van der Waals surface area contributed by atoms with Gasteiger partial charge in [-0.3, -0.25) is 9.78 Å². The third-order valence-electron chi connectivity index (χ3n) is 4.01. The lowest BCUT2D eigenvalue weighted by Crippen LogP contribution is -2.33. The average molecular weight is 326 g/mol. The second-order valence-electron chi connectivity index (χ2n) is 5.74. The Kier molecular flexibility index (Phi) is 4.46. The van der Waals surface area contributed by atoms with Gasteiger partial charge in [0.15, 0.2) is 0 Å². The van der Waals surface area contributed by atoms with E-state index in [0.717, 1.165) is 24.2 Å². The van der Waals surface area contributed by atoms with Crippen LogP contribution in [-0.4, -0.2) is 40.0 Å². The van der Waals surface area contributed by atoms with Crippen molar-refractivity contribution in [2.45, 2.75) is 25.4 Å². The van der Waals surface area contributed by atoms with E-state index in [9.17, 15) is 9.59 Å². The fourth-order valence-corrected chi connectivity index (χ4v) is 2.61. The molecule has 0 bridgehead atoms. The third-order valence-corrected chi connectivity index (χ3v) is 4.01. The molecule has 6 nitrogen and oxygen atoms in total. The third kappa shape index (κ3) is 3.37. The molecule has 124 valence electrons. The summed E-state index contributed by atoms with van der Waals surface area (Å²) in [5.41, 5.74) is 1.22. The van der Waals surface area contributed by atoms with Gasteiger partial charge in [0.1, 0.15) is 5.75 Å². The number of aromatic carboxylic acids is 1. The molecular weight excluding hydrogens is 308 g/mol.